The fraction of sp³-hybridized carbons (Fsp3) is 0.818. The number of thioether (sulfide) groups is 1. The van der Waals surface area contributed by atoms with Crippen LogP contribution in [0, 0.1) is 0 Å². The highest BCUT2D eigenvalue weighted by Crippen LogP contribution is 2.18. The molecule has 1 amide bonds. The van der Waals surface area contributed by atoms with Crippen molar-refractivity contribution >= 4 is 23.6 Å². The maximum Gasteiger partial charge on any atom is 0.329 e. The number of amides is 1. The number of carbonyl (C=O) groups excluding carboxylic acids is 2. The van der Waals surface area contributed by atoms with Crippen molar-refractivity contribution < 1.29 is 14.3 Å². The zero-order chi connectivity index (χ0) is 12.8. The van der Waals surface area contributed by atoms with Gasteiger partial charge in [-0.3, -0.25) is 4.79 Å². The quantitative estimate of drug-likeness (QED) is 0.733. The third-order valence-electron chi connectivity index (χ3n) is 2.73. The van der Waals surface area contributed by atoms with Crippen molar-refractivity contribution in [2.45, 2.75) is 32.4 Å². The van der Waals surface area contributed by atoms with Gasteiger partial charge < -0.3 is 15.4 Å². The molecular formula is C11H20N2O3S. The van der Waals surface area contributed by atoms with Gasteiger partial charge in [0.15, 0.2) is 0 Å². The van der Waals surface area contributed by atoms with Crippen molar-refractivity contribution in [2.24, 2.45) is 5.73 Å². The number of nitrogens with two attached hydrogens (primary N) is 1. The predicted octanol–water partition coefficient (Wildman–Crippen LogP) is 0.231. The first-order chi connectivity index (χ1) is 8.11. The average molecular weight is 260 g/mol. The van der Waals surface area contributed by atoms with E-state index in [1.165, 1.54) is 0 Å². The van der Waals surface area contributed by atoms with Crippen molar-refractivity contribution in [3.8, 4) is 0 Å². The smallest absolute Gasteiger partial charge is 0.329 e. The first-order valence-corrected chi connectivity index (χ1v) is 7.07. The average Bonchev–Trinajstić information content (AvgIpc) is 2.37. The summed E-state index contributed by atoms with van der Waals surface area (Å²) in [5.41, 5.74) is 5.73. The van der Waals surface area contributed by atoms with Gasteiger partial charge in [0.1, 0.15) is 6.04 Å². The van der Waals surface area contributed by atoms with E-state index in [2.05, 4.69) is 0 Å². The molecule has 1 saturated heterocycles. The van der Waals surface area contributed by atoms with Crippen LogP contribution in [0.2, 0.25) is 0 Å². The number of carbonyl (C=O) groups is 2. The molecule has 0 spiro atoms. The van der Waals surface area contributed by atoms with Gasteiger partial charge in [0.25, 0.3) is 0 Å². The predicted molar refractivity (Wildman–Crippen MR) is 67.7 cm³/mol. The van der Waals surface area contributed by atoms with Crippen molar-refractivity contribution in [2.75, 3.05) is 24.7 Å². The molecule has 1 fully saturated rings. The Bertz CT molecular complexity index is 286. The van der Waals surface area contributed by atoms with Crippen LogP contribution in [0.15, 0.2) is 0 Å². The summed E-state index contributed by atoms with van der Waals surface area (Å²) in [4.78, 5) is 25.4. The Morgan fingerprint density at radius 2 is 2.24 bits per heavy atom. The molecule has 1 unspecified atom stereocenters. The molecule has 0 bridgehead atoms. The van der Waals surface area contributed by atoms with Crippen molar-refractivity contribution in [1.82, 2.24) is 4.90 Å². The van der Waals surface area contributed by atoms with Crippen LogP contribution >= 0.6 is 11.8 Å². The second kappa shape index (κ2) is 6.86. The molecule has 0 radical (unpaired) electrons. The first kappa shape index (κ1) is 14.3. The Morgan fingerprint density at radius 3 is 2.82 bits per heavy atom. The minimum atomic E-state index is -0.518. The van der Waals surface area contributed by atoms with Crippen LogP contribution in [0.4, 0.5) is 0 Å². The molecule has 2 atom stereocenters. The Labute approximate surface area is 106 Å². The largest absolute Gasteiger partial charge is 0.464 e. The van der Waals surface area contributed by atoms with Gasteiger partial charge in [-0.05, 0) is 13.3 Å². The lowest BCUT2D eigenvalue weighted by Crippen LogP contribution is -2.55. The maximum atomic E-state index is 12.0. The zero-order valence-corrected chi connectivity index (χ0v) is 11.2. The summed E-state index contributed by atoms with van der Waals surface area (Å²) in [6.45, 7) is 4.53. The second-order valence-corrected chi connectivity index (χ2v) is 5.04. The number of hydrogen-bond acceptors (Lipinski definition) is 5. The van der Waals surface area contributed by atoms with E-state index in [1.54, 1.807) is 23.6 Å². The Morgan fingerprint density at radius 1 is 1.53 bits per heavy atom. The van der Waals surface area contributed by atoms with Gasteiger partial charge in [0.2, 0.25) is 5.91 Å². The van der Waals surface area contributed by atoms with Gasteiger partial charge >= 0.3 is 5.97 Å². The summed E-state index contributed by atoms with van der Waals surface area (Å²) in [5.74, 6) is 0.973. The monoisotopic (exact) mass is 260 g/mol. The number of ether oxygens (including phenoxy) is 1. The molecule has 2 N–H and O–H groups in total. The molecule has 5 nitrogen and oxygen atoms in total. The van der Waals surface area contributed by atoms with Crippen LogP contribution < -0.4 is 5.73 Å². The molecule has 1 aliphatic rings. The fourth-order valence-electron chi connectivity index (χ4n) is 1.69. The summed E-state index contributed by atoms with van der Waals surface area (Å²) in [7, 11) is 0. The highest BCUT2D eigenvalue weighted by Gasteiger charge is 2.35. The molecule has 0 aromatic heterocycles. The number of hydrogen-bond donors (Lipinski definition) is 1. The second-order valence-electron chi connectivity index (χ2n) is 3.89. The van der Waals surface area contributed by atoms with E-state index in [4.69, 9.17) is 10.5 Å². The fourth-order valence-corrected chi connectivity index (χ4v) is 2.72. The minimum Gasteiger partial charge on any atom is -0.464 e. The molecule has 0 saturated carbocycles. The number of nitrogens with zero attached hydrogens (tertiary/aromatic N) is 1. The molecule has 98 valence electrons. The van der Waals surface area contributed by atoms with Gasteiger partial charge in [-0.1, -0.05) is 6.92 Å². The molecule has 6 heteroatoms. The van der Waals surface area contributed by atoms with Gasteiger partial charge in [0.05, 0.1) is 12.6 Å². The lowest BCUT2D eigenvalue weighted by atomic mass is 10.1. The Hall–Kier alpha value is -0.750. The molecule has 0 aromatic rings. The van der Waals surface area contributed by atoms with Gasteiger partial charge in [-0.25, -0.2) is 4.79 Å². The normalized spacial score (nSPS) is 22.1. The highest BCUT2D eigenvalue weighted by molar-refractivity contribution is 7.99. The molecule has 0 aromatic carbocycles. The standard InChI is InChI=1S/C11H20N2O3S/c1-3-8(12)10(14)13-5-6-17-7-9(13)11(15)16-4-2/h8-9H,3-7,12H2,1-2H3/t8-,9?/m1/s1. The number of rotatable bonds is 4. The lowest BCUT2D eigenvalue weighted by molar-refractivity contribution is -0.154. The van der Waals surface area contributed by atoms with E-state index in [0.29, 0.717) is 25.3 Å². The Kier molecular flexibility index (Phi) is 5.77. The highest BCUT2D eigenvalue weighted by atomic mass is 32.2. The van der Waals surface area contributed by atoms with E-state index in [1.807, 2.05) is 6.92 Å². The van der Waals surface area contributed by atoms with Gasteiger partial charge in [-0.15, -0.1) is 0 Å². The SMILES string of the molecule is CCOC(=O)C1CSCCN1C(=O)[C@H](N)CC. The van der Waals surface area contributed by atoms with Crippen LogP contribution in [0.1, 0.15) is 20.3 Å². The van der Waals surface area contributed by atoms with E-state index >= 15 is 0 Å². The van der Waals surface area contributed by atoms with E-state index in [-0.39, 0.29) is 11.9 Å². The first-order valence-electron chi connectivity index (χ1n) is 5.92. The summed E-state index contributed by atoms with van der Waals surface area (Å²) in [5, 5.41) is 0. The topological polar surface area (TPSA) is 72.6 Å². The van der Waals surface area contributed by atoms with Crippen molar-refractivity contribution in [3.63, 3.8) is 0 Å². The van der Waals surface area contributed by atoms with Crippen LogP contribution in [0.5, 0.6) is 0 Å². The minimum absolute atomic E-state index is 0.147. The van der Waals surface area contributed by atoms with Crippen LogP contribution in [0.3, 0.4) is 0 Å². The molecule has 17 heavy (non-hydrogen) atoms. The maximum absolute atomic E-state index is 12.0. The van der Waals surface area contributed by atoms with E-state index in [0.717, 1.165) is 5.75 Å². The third-order valence-corrected chi connectivity index (χ3v) is 3.75. The Balaban J connectivity index is 2.71. The molecular weight excluding hydrogens is 240 g/mol. The van der Waals surface area contributed by atoms with Crippen molar-refractivity contribution in [1.29, 1.82) is 0 Å². The molecule has 0 aliphatic carbocycles. The number of esters is 1. The lowest BCUT2D eigenvalue weighted by Gasteiger charge is -2.35. The molecule has 1 rings (SSSR count). The van der Waals surface area contributed by atoms with Crippen LogP contribution in [0.25, 0.3) is 0 Å². The summed E-state index contributed by atoms with van der Waals surface area (Å²) < 4.78 is 4.99. The van der Waals surface area contributed by atoms with E-state index < -0.39 is 12.1 Å². The van der Waals surface area contributed by atoms with Crippen LogP contribution in [-0.2, 0) is 14.3 Å². The molecule has 1 aliphatic heterocycles. The van der Waals surface area contributed by atoms with Gasteiger partial charge in [-0.2, -0.15) is 11.8 Å². The molecule has 1 heterocycles. The summed E-state index contributed by atoms with van der Waals surface area (Å²) in [6, 6.07) is -0.992. The van der Waals surface area contributed by atoms with Crippen LogP contribution in [-0.4, -0.2) is 53.5 Å². The van der Waals surface area contributed by atoms with E-state index in [9.17, 15) is 9.59 Å². The summed E-state index contributed by atoms with van der Waals surface area (Å²) >= 11 is 1.66. The third kappa shape index (κ3) is 3.61. The zero-order valence-electron chi connectivity index (χ0n) is 10.3. The summed E-state index contributed by atoms with van der Waals surface area (Å²) in [6.07, 6.45) is 0.581. The van der Waals surface area contributed by atoms with Gasteiger partial charge in [0, 0.05) is 18.1 Å². The van der Waals surface area contributed by atoms with Crippen molar-refractivity contribution in [3.05, 3.63) is 0 Å².